The molecule has 1 saturated heterocycles. The van der Waals surface area contributed by atoms with Gasteiger partial charge in [0.05, 0.1) is 17.3 Å². The molecule has 0 radical (unpaired) electrons. The van der Waals surface area contributed by atoms with Crippen LogP contribution in [0.5, 0.6) is 0 Å². The van der Waals surface area contributed by atoms with Gasteiger partial charge in [0.15, 0.2) is 5.69 Å². The van der Waals surface area contributed by atoms with E-state index in [1.165, 1.54) is 10.7 Å². The number of halogens is 1. The van der Waals surface area contributed by atoms with Crippen molar-refractivity contribution in [3.8, 4) is 0 Å². The Morgan fingerprint density at radius 2 is 1.93 bits per heavy atom. The lowest BCUT2D eigenvalue weighted by Gasteiger charge is -2.32. The molecule has 0 bridgehead atoms. The van der Waals surface area contributed by atoms with Crippen molar-refractivity contribution in [1.82, 2.24) is 24.3 Å². The molecule has 4 aromatic rings. The molecule has 8 nitrogen and oxygen atoms in total. The van der Waals surface area contributed by atoms with Crippen LogP contribution in [0.3, 0.4) is 0 Å². The van der Waals surface area contributed by atoms with Gasteiger partial charge in [0.25, 0.3) is 0 Å². The van der Waals surface area contributed by atoms with Crippen LogP contribution >= 0.6 is 0 Å². The third kappa shape index (κ3) is 2.77. The Morgan fingerprint density at radius 1 is 1.20 bits per heavy atom. The number of hydrogen-bond donors (Lipinski definition) is 1. The molecular formula is C21H20FN5O3. The van der Waals surface area contributed by atoms with Crippen LogP contribution in [-0.4, -0.2) is 48.6 Å². The van der Waals surface area contributed by atoms with Crippen molar-refractivity contribution in [3.05, 3.63) is 53.9 Å². The maximum atomic E-state index is 15.0. The van der Waals surface area contributed by atoms with Gasteiger partial charge >= 0.3 is 5.97 Å². The largest absolute Gasteiger partial charge is 0.476 e. The van der Waals surface area contributed by atoms with Gasteiger partial charge in [-0.2, -0.15) is 5.10 Å². The minimum Gasteiger partial charge on any atom is -0.476 e. The number of carbonyl (C=O) groups is 1. The van der Waals surface area contributed by atoms with E-state index in [0.29, 0.717) is 42.6 Å². The minimum absolute atomic E-state index is 0.0176. The fourth-order valence-electron chi connectivity index (χ4n) is 4.54. The zero-order valence-electron chi connectivity index (χ0n) is 16.3. The van der Waals surface area contributed by atoms with Crippen LogP contribution in [0.1, 0.15) is 35.1 Å². The lowest BCUT2D eigenvalue weighted by Crippen LogP contribution is -2.28. The Balaban J connectivity index is 1.89. The maximum Gasteiger partial charge on any atom is 0.358 e. The predicted molar refractivity (Wildman–Crippen MR) is 107 cm³/mol. The highest BCUT2D eigenvalue weighted by Crippen LogP contribution is 2.41. The van der Waals surface area contributed by atoms with Gasteiger partial charge in [0.2, 0.25) is 0 Å². The van der Waals surface area contributed by atoms with Crippen LogP contribution in [0.4, 0.5) is 4.39 Å². The summed E-state index contributed by atoms with van der Waals surface area (Å²) in [5, 5.41) is 14.1. The smallest absolute Gasteiger partial charge is 0.358 e. The number of nitrogens with zero attached hydrogens (tertiary/aromatic N) is 5. The molecule has 5 heterocycles. The molecule has 0 spiro atoms. The van der Waals surface area contributed by atoms with Crippen molar-refractivity contribution >= 4 is 28.0 Å². The standard InChI is InChI=1S/C21H20FN5O3/c1-26-19-16-14(5-3-9-24-16)27(20(19)17(25-26)21(28)29)18(12-6-10-30-11-7-12)15-13(22)4-2-8-23-15/h2-5,8-9,12,18H,6-7,10-11H2,1H3,(H,28,29). The summed E-state index contributed by atoms with van der Waals surface area (Å²) in [6.07, 6.45) is 4.65. The molecule has 1 aliphatic rings. The summed E-state index contributed by atoms with van der Waals surface area (Å²) < 4.78 is 23.9. The molecule has 5 rings (SSSR count). The highest BCUT2D eigenvalue weighted by atomic mass is 19.1. The van der Waals surface area contributed by atoms with Gasteiger partial charge < -0.3 is 14.4 Å². The Kier molecular flexibility index (Phi) is 4.47. The Labute approximate surface area is 170 Å². The van der Waals surface area contributed by atoms with Crippen molar-refractivity contribution < 1.29 is 19.0 Å². The second-order valence-electron chi connectivity index (χ2n) is 7.48. The molecule has 0 amide bonds. The second-order valence-corrected chi connectivity index (χ2v) is 7.48. The number of carboxylic acids is 1. The van der Waals surface area contributed by atoms with Crippen molar-refractivity contribution in [2.75, 3.05) is 13.2 Å². The van der Waals surface area contributed by atoms with Crippen molar-refractivity contribution in [2.45, 2.75) is 18.9 Å². The second kappa shape index (κ2) is 7.17. The highest BCUT2D eigenvalue weighted by molar-refractivity contribution is 6.11. The van der Waals surface area contributed by atoms with Crippen molar-refractivity contribution in [3.63, 3.8) is 0 Å². The molecule has 1 N–H and O–H groups in total. The summed E-state index contributed by atoms with van der Waals surface area (Å²) in [6, 6.07) is 6.10. The van der Waals surface area contributed by atoms with E-state index >= 15 is 0 Å². The normalized spacial score (nSPS) is 16.3. The molecule has 0 aliphatic carbocycles. The van der Waals surface area contributed by atoms with Gasteiger partial charge in [-0.1, -0.05) is 0 Å². The van der Waals surface area contributed by atoms with E-state index in [1.807, 2.05) is 10.6 Å². The molecule has 1 fully saturated rings. The van der Waals surface area contributed by atoms with Gasteiger partial charge in [-0.25, -0.2) is 9.18 Å². The first-order chi connectivity index (χ1) is 14.6. The summed E-state index contributed by atoms with van der Waals surface area (Å²) in [5.41, 5.74) is 2.59. The molecule has 1 aliphatic heterocycles. The van der Waals surface area contributed by atoms with Gasteiger partial charge in [0.1, 0.15) is 22.4 Å². The van der Waals surface area contributed by atoms with Crippen LogP contribution in [0.25, 0.3) is 22.1 Å². The van der Waals surface area contributed by atoms with E-state index in [-0.39, 0.29) is 17.3 Å². The first-order valence-electron chi connectivity index (χ1n) is 9.81. The van der Waals surface area contributed by atoms with Crippen LogP contribution in [0.2, 0.25) is 0 Å². The molecule has 30 heavy (non-hydrogen) atoms. The molecule has 1 unspecified atom stereocenters. The summed E-state index contributed by atoms with van der Waals surface area (Å²) in [4.78, 5) is 20.9. The monoisotopic (exact) mass is 409 g/mol. The molecule has 0 aromatic carbocycles. The number of fused-ring (bicyclic) bond motifs is 3. The van der Waals surface area contributed by atoms with E-state index in [1.54, 1.807) is 31.6 Å². The summed E-state index contributed by atoms with van der Waals surface area (Å²) in [7, 11) is 1.69. The molecule has 1 atom stereocenters. The van der Waals surface area contributed by atoms with E-state index in [9.17, 15) is 14.3 Å². The van der Waals surface area contributed by atoms with Crippen LogP contribution < -0.4 is 0 Å². The third-order valence-electron chi connectivity index (χ3n) is 5.79. The first kappa shape index (κ1) is 18.7. The van der Waals surface area contributed by atoms with Crippen LogP contribution in [0, 0.1) is 11.7 Å². The highest BCUT2D eigenvalue weighted by Gasteiger charge is 2.35. The van der Waals surface area contributed by atoms with E-state index in [4.69, 9.17) is 4.74 Å². The molecular weight excluding hydrogens is 389 g/mol. The van der Waals surface area contributed by atoms with Crippen LogP contribution in [-0.2, 0) is 11.8 Å². The summed E-state index contributed by atoms with van der Waals surface area (Å²) in [5.74, 6) is -1.55. The summed E-state index contributed by atoms with van der Waals surface area (Å²) in [6.45, 7) is 1.13. The van der Waals surface area contributed by atoms with E-state index in [2.05, 4.69) is 15.1 Å². The fraction of sp³-hybridized carbons (Fsp3) is 0.333. The SMILES string of the molecule is Cn1nc(C(=O)O)c2c1c1ncccc1n2C(c1ncccc1F)C1CCOCC1. The molecule has 0 saturated carbocycles. The van der Waals surface area contributed by atoms with Gasteiger partial charge in [-0.3, -0.25) is 14.6 Å². The number of rotatable bonds is 4. The molecule has 9 heteroatoms. The lowest BCUT2D eigenvalue weighted by atomic mass is 9.88. The Hall–Kier alpha value is -3.33. The molecule has 4 aromatic heterocycles. The number of aryl methyl sites for hydroxylation is 1. The Morgan fingerprint density at radius 3 is 2.67 bits per heavy atom. The van der Waals surface area contributed by atoms with Crippen molar-refractivity contribution in [1.29, 1.82) is 0 Å². The van der Waals surface area contributed by atoms with Gasteiger partial charge in [-0.15, -0.1) is 0 Å². The van der Waals surface area contributed by atoms with Crippen LogP contribution in [0.15, 0.2) is 36.7 Å². The number of aromatic nitrogens is 5. The number of ether oxygens (including phenoxy) is 1. The van der Waals surface area contributed by atoms with Gasteiger partial charge in [-0.05, 0) is 43.0 Å². The number of hydrogen-bond acceptors (Lipinski definition) is 5. The predicted octanol–water partition coefficient (Wildman–Crippen LogP) is 3.17. The number of pyridine rings is 2. The third-order valence-corrected chi connectivity index (χ3v) is 5.79. The Bertz CT molecular complexity index is 1260. The number of carboxylic acid groups (broad SMARTS) is 1. The summed E-state index contributed by atoms with van der Waals surface area (Å²) >= 11 is 0. The average molecular weight is 409 g/mol. The number of aromatic carboxylic acids is 1. The first-order valence-corrected chi connectivity index (χ1v) is 9.81. The van der Waals surface area contributed by atoms with E-state index < -0.39 is 17.8 Å². The molecule has 154 valence electrons. The topological polar surface area (TPSA) is 95.1 Å². The van der Waals surface area contributed by atoms with E-state index in [0.717, 1.165) is 5.52 Å². The zero-order chi connectivity index (χ0) is 20.8. The average Bonchev–Trinajstić information content (AvgIpc) is 3.27. The van der Waals surface area contributed by atoms with Crippen molar-refractivity contribution in [2.24, 2.45) is 13.0 Å². The van der Waals surface area contributed by atoms with Gasteiger partial charge in [0, 0.05) is 32.7 Å². The quantitative estimate of drug-likeness (QED) is 0.556. The zero-order valence-corrected chi connectivity index (χ0v) is 16.3. The fourth-order valence-corrected chi connectivity index (χ4v) is 4.54. The maximum absolute atomic E-state index is 15.0. The lowest BCUT2D eigenvalue weighted by molar-refractivity contribution is 0.0541. The minimum atomic E-state index is -1.14.